The van der Waals surface area contributed by atoms with Crippen LogP contribution in [0.3, 0.4) is 0 Å². The molecule has 0 aromatic heterocycles. The van der Waals surface area contributed by atoms with Crippen molar-refractivity contribution in [3.63, 3.8) is 0 Å². The number of rotatable bonds is 3. The Morgan fingerprint density at radius 1 is 1.46 bits per heavy atom. The monoisotopic (exact) mass is 181 g/mol. The van der Waals surface area contributed by atoms with E-state index in [9.17, 15) is 5.11 Å². The van der Waals surface area contributed by atoms with Crippen LogP contribution < -0.4 is 10.1 Å². The Morgan fingerprint density at radius 2 is 2.15 bits per heavy atom. The van der Waals surface area contributed by atoms with Gasteiger partial charge in [0.15, 0.2) is 11.5 Å². The van der Waals surface area contributed by atoms with Crippen LogP contribution in [0.1, 0.15) is 18.5 Å². The number of nitrogens with one attached hydrogen (secondary N) is 1. The first-order valence-electron chi connectivity index (χ1n) is 4.23. The van der Waals surface area contributed by atoms with Crippen LogP contribution in [0.4, 0.5) is 0 Å². The zero-order valence-corrected chi connectivity index (χ0v) is 8.16. The third-order valence-corrected chi connectivity index (χ3v) is 2.14. The molecule has 0 spiro atoms. The first-order valence-corrected chi connectivity index (χ1v) is 4.23. The molecule has 1 aromatic rings. The van der Waals surface area contributed by atoms with Crippen molar-refractivity contribution in [3.05, 3.63) is 23.8 Å². The predicted molar refractivity (Wildman–Crippen MR) is 52.1 cm³/mol. The lowest BCUT2D eigenvalue weighted by atomic mass is 10.1. The van der Waals surface area contributed by atoms with Crippen LogP contribution in [0, 0.1) is 0 Å². The molecule has 0 amide bonds. The van der Waals surface area contributed by atoms with Crippen LogP contribution >= 0.6 is 0 Å². The number of phenols is 1. The Kier molecular flexibility index (Phi) is 3.14. The summed E-state index contributed by atoms with van der Waals surface area (Å²) >= 11 is 0. The molecule has 0 unspecified atom stereocenters. The third kappa shape index (κ3) is 2.12. The number of hydrogen-bond donors (Lipinski definition) is 2. The molecule has 0 bridgehead atoms. The SMILES string of the molecule is CN[C@H](C)c1ccc(OC)c(O)c1. The van der Waals surface area contributed by atoms with Gasteiger partial charge in [-0.1, -0.05) is 6.07 Å². The second kappa shape index (κ2) is 4.14. The van der Waals surface area contributed by atoms with Crippen LogP contribution in [0.5, 0.6) is 11.5 Å². The largest absolute Gasteiger partial charge is 0.504 e. The number of hydrogen-bond acceptors (Lipinski definition) is 3. The first-order chi connectivity index (χ1) is 6.19. The van der Waals surface area contributed by atoms with E-state index in [1.807, 2.05) is 20.0 Å². The average molecular weight is 181 g/mol. The fourth-order valence-corrected chi connectivity index (χ4v) is 1.14. The van der Waals surface area contributed by atoms with Crippen LogP contribution in [0.2, 0.25) is 0 Å². The smallest absolute Gasteiger partial charge is 0.160 e. The summed E-state index contributed by atoms with van der Waals surface area (Å²) in [5.74, 6) is 0.689. The minimum Gasteiger partial charge on any atom is -0.504 e. The van der Waals surface area contributed by atoms with Crippen molar-refractivity contribution < 1.29 is 9.84 Å². The van der Waals surface area contributed by atoms with Gasteiger partial charge < -0.3 is 15.2 Å². The molecule has 0 aliphatic rings. The van der Waals surface area contributed by atoms with Gasteiger partial charge in [0.05, 0.1) is 7.11 Å². The predicted octanol–water partition coefficient (Wildman–Crippen LogP) is 1.68. The van der Waals surface area contributed by atoms with E-state index >= 15 is 0 Å². The molecule has 0 radical (unpaired) electrons. The highest BCUT2D eigenvalue weighted by Crippen LogP contribution is 2.28. The van der Waals surface area contributed by atoms with Gasteiger partial charge >= 0.3 is 0 Å². The summed E-state index contributed by atoms with van der Waals surface area (Å²) < 4.78 is 4.94. The Morgan fingerprint density at radius 3 is 2.62 bits per heavy atom. The van der Waals surface area contributed by atoms with Crippen LogP contribution in [-0.4, -0.2) is 19.3 Å². The maximum atomic E-state index is 9.48. The van der Waals surface area contributed by atoms with Gasteiger partial charge in [0.2, 0.25) is 0 Å². The molecule has 0 aliphatic carbocycles. The van der Waals surface area contributed by atoms with Crippen molar-refractivity contribution in [3.8, 4) is 11.5 Å². The minimum absolute atomic E-state index is 0.183. The molecule has 0 heterocycles. The highest BCUT2D eigenvalue weighted by Gasteiger charge is 2.06. The highest BCUT2D eigenvalue weighted by molar-refractivity contribution is 5.42. The lowest BCUT2D eigenvalue weighted by molar-refractivity contribution is 0.372. The fourth-order valence-electron chi connectivity index (χ4n) is 1.14. The van der Waals surface area contributed by atoms with Crippen molar-refractivity contribution in [2.75, 3.05) is 14.2 Å². The Balaban J connectivity index is 2.95. The van der Waals surface area contributed by atoms with Gasteiger partial charge in [-0.25, -0.2) is 0 Å². The summed E-state index contributed by atoms with van der Waals surface area (Å²) in [6.07, 6.45) is 0. The zero-order valence-electron chi connectivity index (χ0n) is 8.16. The summed E-state index contributed by atoms with van der Waals surface area (Å²) in [5, 5.41) is 12.6. The number of aromatic hydroxyl groups is 1. The maximum absolute atomic E-state index is 9.48. The molecule has 0 aliphatic heterocycles. The standard InChI is InChI=1S/C10H15NO2/c1-7(11-2)8-4-5-10(13-3)9(12)6-8/h4-7,11-12H,1-3H3/t7-/m1/s1. The van der Waals surface area contributed by atoms with Crippen molar-refractivity contribution in [1.29, 1.82) is 0 Å². The van der Waals surface area contributed by atoms with E-state index in [0.717, 1.165) is 5.56 Å². The van der Waals surface area contributed by atoms with E-state index < -0.39 is 0 Å². The molecular formula is C10H15NO2. The van der Waals surface area contributed by atoms with Gasteiger partial charge in [0, 0.05) is 6.04 Å². The average Bonchev–Trinajstić information content (AvgIpc) is 2.16. The highest BCUT2D eigenvalue weighted by atomic mass is 16.5. The van der Waals surface area contributed by atoms with Gasteiger partial charge in [0.1, 0.15) is 0 Å². The molecule has 72 valence electrons. The Hall–Kier alpha value is -1.22. The lowest BCUT2D eigenvalue weighted by Gasteiger charge is -2.11. The van der Waals surface area contributed by atoms with Crippen molar-refractivity contribution in [1.82, 2.24) is 5.32 Å². The molecular weight excluding hydrogens is 166 g/mol. The molecule has 0 saturated carbocycles. The molecule has 3 nitrogen and oxygen atoms in total. The van der Waals surface area contributed by atoms with Crippen LogP contribution in [0.25, 0.3) is 0 Å². The molecule has 3 heteroatoms. The first kappa shape index (κ1) is 9.86. The van der Waals surface area contributed by atoms with E-state index in [0.29, 0.717) is 5.75 Å². The number of ether oxygens (including phenoxy) is 1. The second-order valence-electron chi connectivity index (χ2n) is 2.94. The molecule has 1 rings (SSSR count). The zero-order chi connectivity index (χ0) is 9.84. The van der Waals surface area contributed by atoms with Gasteiger partial charge in [0.25, 0.3) is 0 Å². The second-order valence-corrected chi connectivity index (χ2v) is 2.94. The summed E-state index contributed by atoms with van der Waals surface area (Å²) in [5.41, 5.74) is 1.04. The van der Waals surface area contributed by atoms with Crippen molar-refractivity contribution in [2.24, 2.45) is 0 Å². The van der Waals surface area contributed by atoms with Gasteiger partial charge in [-0.05, 0) is 31.7 Å². The van der Waals surface area contributed by atoms with Gasteiger partial charge in [-0.15, -0.1) is 0 Å². The fraction of sp³-hybridized carbons (Fsp3) is 0.400. The summed E-state index contributed by atoms with van der Waals surface area (Å²) in [6, 6.07) is 5.63. The molecule has 13 heavy (non-hydrogen) atoms. The van der Waals surface area contributed by atoms with Crippen LogP contribution in [-0.2, 0) is 0 Å². The number of phenolic OH excluding ortho intramolecular Hbond substituents is 1. The molecule has 0 fully saturated rings. The van der Waals surface area contributed by atoms with E-state index in [1.54, 1.807) is 12.1 Å². The molecule has 1 aromatic carbocycles. The topological polar surface area (TPSA) is 41.5 Å². The van der Waals surface area contributed by atoms with E-state index in [1.165, 1.54) is 7.11 Å². The Labute approximate surface area is 78.3 Å². The minimum atomic E-state index is 0.183. The van der Waals surface area contributed by atoms with Crippen molar-refractivity contribution >= 4 is 0 Å². The number of methoxy groups -OCH3 is 1. The van der Waals surface area contributed by atoms with Gasteiger partial charge in [-0.2, -0.15) is 0 Å². The summed E-state index contributed by atoms with van der Waals surface area (Å²) in [4.78, 5) is 0. The van der Waals surface area contributed by atoms with Crippen LogP contribution in [0.15, 0.2) is 18.2 Å². The lowest BCUT2D eigenvalue weighted by Crippen LogP contribution is -2.11. The normalized spacial score (nSPS) is 12.5. The molecule has 1 atom stereocenters. The van der Waals surface area contributed by atoms with E-state index in [4.69, 9.17) is 4.74 Å². The van der Waals surface area contributed by atoms with Gasteiger partial charge in [-0.3, -0.25) is 0 Å². The van der Waals surface area contributed by atoms with E-state index in [2.05, 4.69) is 5.32 Å². The van der Waals surface area contributed by atoms with E-state index in [-0.39, 0.29) is 11.8 Å². The quantitative estimate of drug-likeness (QED) is 0.745. The third-order valence-electron chi connectivity index (χ3n) is 2.14. The molecule has 2 N–H and O–H groups in total. The summed E-state index contributed by atoms with van der Waals surface area (Å²) in [7, 11) is 3.42. The molecule has 0 saturated heterocycles. The number of benzene rings is 1. The maximum Gasteiger partial charge on any atom is 0.160 e. The Bertz CT molecular complexity index is 286. The van der Waals surface area contributed by atoms with Crippen molar-refractivity contribution in [2.45, 2.75) is 13.0 Å². The summed E-state index contributed by atoms with van der Waals surface area (Å²) in [6.45, 7) is 2.03.